The third kappa shape index (κ3) is 3.06. The summed E-state index contributed by atoms with van der Waals surface area (Å²) >= 11 is 0. The maximum absolute atomic E-state index is 11.6. The van der Waals surface area contributed by atoms with Gasteiger partial charge in [-0.05, 0) is 18.1 Å². The Kier molecular flexibility index (Phi) is 4.53. The molecular weight excluding hydrogens is 252 g/mol. The molecule has 2 aromatic carbocycles. The summed E-state index contributed by atoms with van der Waals surface area (Å²) in [6.45, 7) is 1.53. The Labute approximate surface area is 118 Å². The van der Waals surface area contributed by atoms with Crippen molar-refractivity contribution in [3.05, 3.63) is 71.8 Å². The van der Waals surface area contributed by atoms with Crippen molar-refractivity contribution >= 4 is 5.97 Å². The van der Waals surface area contributed by atoms with Gasteiger partial charge in [0.1, 0.15) is 0 Å². The zero-order chi connectivity index (χ0) is 14.5. The highest BCUT2D eigenvalue weighted by atomic mass is 16.4. The summed E-state index contributed by atoms with van der Waals surface area (Å²) in [7, 11) is 0. The third-order valence-corrected chi connectivity index (χ3v) is 3.48. The van der Waals surface area contributed by atoms with E-state index in [0.29, 0.717) is 0 Å². The topological polar surface area (TPSA) is 57.5 Å². The maximum Gasteiger partial charge on any atom is 0.310 e. The van der Waals surface area contributed by atoms with E-state index in [1.54, 1.807) is 0 Å². The van der Waals surface area contributed by atoms with E-state index in [1.165, 1.54) is 6.92 Å². The van der Waals surface area contributed by atoms with Gasteiger partial charge in [-0.3, -0.25) is 4.79 Å². The number of rotatable bonds is 5. The quantitative estimate of drug-likeness (QED) is 0.878. The Balaban J connectivity index is 2.52. The summed E-state index contributed by atoms with van der Waals surface area (Å²) in [6, 6.07) is 18.9. The van der Waals surface area contributed by atoms with Gasteiger partial charge in [-0.25, -0.2) is 0 Å². The fourth-order valence-corrected chi connectivity index (χ4v) is 2.56. The highest BCUT2D eigenvalue weighted by Crippen LogP contribution is 2.34. The molecule has 0 saturated carbocycles. The monoisotopic (exact) mass is 270 g/mol. The van der Waals surface area contributed by atoms with Gasteiger partial charge in [0.05, 0.1) is 12.0 Å². The summed E-state index contributed by atoms with van der Waals surface area (Å²) in [4.78, 5) is 11.6. The highest BCUT2D eigenvalue weighted by Gasteiger charge is 2.34. The fourth-order valence-electron chi connectivity index (χ4n) is 2.56. The molecule has 0 fully saturated rings. The molecule has 0 spiro atoms. The molecule has 0 saturated heterocycles. The summed E-state index contributed by atoms with van der Waals surface area (Å²) in [5, 5.41) is 19.4. The van der Waals surface area contributed by atoms with E-state index in [4.69, 9.17) is 0 Å². The first-order valence-corrected chi connectivity index (χ1v) is 6.62. The van der Waals surface area contributed by atoms with Gasteiger partial charge in [-0.1, -0.05) is 60.7 Å². The van der Waals surface area contributed by atoms with Gasteiger partial charge < -0.3 is 10.2 Å². The lowest BCUT2D eigenvalue weighted by atomic mass is 9.78. The number of hydrogen-bond acceptors (Lipinski definition) is 2. The predicted molar refractivity (Wildman–Crippen MR) is 77.5 cm³/mol. The van der Waals surface area contributed by atoms with Crippen molar-refractivity contribution in [2.45, 2.75) is 18.9 Å². The first-order valence-electron chi connectivity index (χ1n) is 6.62. The number of hydrogen-bond donors (Lipinski definition) is 2. The Morgan fingerprint density at radius 1 is 0.900 bits per heavy atom. The van der Waals surface area contributed by atoms with Crippen molar-refractivity contribution in [1.82, 2.24) is 0 Å². The number of carbonyl (C=O) groups is 1. The predicted octanol–water partition coefficient (Wildman–Crippen LogP) is 2.90. The number of aliphatic carboxylic acids is 1. The molecule has 3 nitrogen and oxygen atoms in total. The fraction of sp³-hybridized carbons (Fsp3) is 0.235. The van der Waals surface area contributed by atoms with Gasteiger partial charge in [0.2, 0.25) is 0 Å². The molecule has 20 heavy (non-hydrogen) atoms. The molecule has 0 radical (unpaired) electrons. The van der Waals surface area contributed by atoms with Crippen molar-refractivity contribution in [2.75, 3.05) is 0 Å². The molecule has 104 valence electrons. The minimum Gasteiger partial charge on any atom is -0.481 e. The van der Waals surface area contributed by atoms with E-state index in [0.717, 1.165) is 11.1 Å². The average molecular weight is 270 g/mol. The van der Waals surface area contributed by atoms with Gasteiger partial charge in [0, 0.05) is 5.92 Å². The Morgan fingerprint density at radius 3 is 1.60 bits per heavy atom. The average Bonchev–Trinajstić information content (AvgIpc) is 2.45. The van der Waals surface area contributed by atoms with Crippen LogP contribution in [0.15, 0.2) is 60.7 Å². The smallest absolute Gasteiger partial charge is 0.310 e. The third-order valence-electron chi connectivity index (χ3n) is 3.48. The van der Waals surface area contributed by atoms with E-state index < -0.39 is 18.0 Å². The molecule has 2 aromatic rings. The molecule has 0 aliphatic heterocycles. The van der Waals surface area contributed by atoms with E-state index in [-0.39, 0.29) is 5.92 Å². The van der Waals surface area contributed by atoms with Crippen molar-refractivity contribution < 1.29 is 15.0 Å². The molecule has 0 aliphatic rings. The van der Waals surface area contributed by atoms with Crippen LogP contribution in [0.5, 0.6) is 0 Å². The van der Waals surface area contributed by atoms with Crippen LogP contribution in [0.25, 0.3) is 0 Å². The lowest BCUT2D eigenvalue weighted by Crippen LogP contribution is -2.32. The maximum atomic E-state index is 11.6. The molecule has 0 amide bonds. The molecule has 2 unspecified atom stereocenters. The van der Waals surface area contributed by atoms with Gasteiger partial charge in [0.15, 0.2) is 0 Å². The Morgan fingerprint density at radius 2 is 1.30 bits per heavy atom. The van der Waals surface area contributed by atoms with Crippen LogP contribution in [0.3, 0.4) is 0 Å². The second-order valence-electron chi connectivity index (χ2n) is 4.90. The molecule has 2 rings (SSSR count). The van der Waals surface area contributed by atoms with Gasteiger partial charge in [-0.2, -0.15) is 0 Å². The number of aliphatic hydroxyl groups is 1. The number of aliphatic hydroxyl groups excluding tert-OH is 1. The standard InChI is InChI=1S/C17H18O3/c1-12(18)15(17(19)20)16(13-8-4-2-5-9-13)14-10-6-3-7-11-14/h2-12,15-16,18H,1H3,(H,19,20). The van der Waals surface area contributed by atoms with Crippen LogP contribution in [0.4, 0.5) is 0 Å². The molecule has 3 heteroatoms. The summed E-state index contributed by atoms with van der Waals surface area (Å²) in [5.74, 6) is -2.23. The molecule has 0 bridgehead atoms. The second-order valence-corrected chi connectivity index (χ2v) is 4.90. The van der Waals surface area contributed by atoms with Crippen LogP contribution in [-0.4, -0.2) is 22.3 Å². The van der Waals surface area contributed by atoms with Crippen LogP contribution < -0.4 is 0 Å². The summed E-state index contributed by atoms with van der Waals surface area (Å²) in [6.07, 6.45) is -0.932. The molecular formula is C17H18O3. The largest absolute Gasteiger partial charge is 0.481 e. The molecule has 0 heterocycles. The van der Waals surface area contributed by atoms with Crippen LogP contribution in [-0.2, 0) is 4.79 Å². The van der Waals surface area contributed by atoms with Crippen molar-refractivity contribution in [2.24, 2.45) is 5.92 Å². The normalized spacial score (nSPS) is 13.9. The second kappa shape index (κ2) is 6.35. The molecule has 0 aliphatic carbocycles. The van der Waals surface area contributed by atoms with Crippen molar-refractivity contribution in [3.8, 4) is 0 Å². The lowest BCUT2D eigenvalue weighted by molar-refractivity contribution is -0.145. The SMILES string of the molecule is CC(O)C(C(=O)O)C(c1ccccc1)c1ccccc1. The number of carboxylic acid groups (broad SMARTS) is 1. The van der Waals surface area contributed by atoms with Crippen LogP contribution in [0.2, 0.25) is 0 Å². The highest BCUT2D eigenvalue weighted by molar-refractivity contribution is 5.73. The first-order chi connectivity index (χ1) is 9.61. The van der Waals surface area contributed by atoms with Crippen LogP contribution in [0, 0.1) is 5.92 Å². The Bertz CT molecular complexity index is 509. The van der Waals surface area contributed by atoms with E-state index in [1.807, 2.05) is 60.7 Å². The zero-order valence-corrected chi connectivity index (χ0v) is 11.3. The van der Waals surface area contributed by atoms with Crippen LogP contribution in [0.1, 0.15) is 24.0 Å². The van der Waals surface area contributed by atoms with E-state index in [9.17, 15) is 15.0 Å². The summed E-state index contributed by atoms with van der Waals surface area (Å²) in [5.41, 5.74) is 1.79. The first kappa shape index (κ1) is 14.3. The molecule has 2 atom stereocenters. The Hall–Kier alpha value is -2.13. The minimum atomic E-state index is -0.988. The van der Waals surface area contributed by atoms with E-state index in [2.05, 4.69) is 0 Å². The van der Waals surface area contributed by atoms with Crippen molar-refractivity contribution in [3.63, 3.8) is 0 Å². The number of carboxylic acids is 1. The van der Waals surface area contributed by atoms with Gasteiger partial charge in [-0.15, -0.1) is 0 Å². The zero-order valence-electron chi connectivity index (χ0n) is 11.3. The molecule has 0 aromatic heterocycles. The van der Waals surface area contributed by atoms with Gasteiger partial charge >= 0.3 is 5.97 Å². The number of benzene rings is 2. The summed E-state index contributed by atoms with van der Waals surface area (Å²) < 4.78 is 0. The lowest BCUT2D eigenvalue weighted by Gasteiger charge is -2.27. The van der Waals surface area contributed by atoms with Crippen LogP contribution >= 0.6 is 0 Å². The van der Waals surface area contributed by atoms with Gasteiger partial charge in [0.25, 0.3) is 0 Å². The minimum absolute atomic E-state index is 0.366. The van der Waals surface area contributed by atoms with E-state index >= 15 is 0 Å². The van der Waals surface area contributed by atoms with Crippen molar-refractivity contribution in [1.29, 1.82) is 0 Å². The molecule has 2 N–H and O–H groups in total.